The van der Waals surface area contributed by atoms with E-state index in [4.69, 9.17) is 31.0 Å². The molecule has 4 N–H and O–H groups in total. The molecule has 0 spiro atoms. The second-order valence-corrected chi connectivity index (χ2v) is 7.98. The van der Waals surface area contributed by atoms with Gasteiger partial charge in [-0.05, 0) is 56.3 Å². The van der Waals surface area contributed by atoms with E-state index in [1.807, 2.05) is 19.9 Å². The third-order valence-corrected chi connectivity index (χ3v) is 5.09. The van der Waals surface area contributed by atoms with Gasteiger partial charge in [-0.3, -0.25) is 0 Å². The topological polar surface area (TPSA) is 128 Å². The van der Waals surface area contributed by atoms with Gasteiger partial charge in [0.1, 0.15) is 22.6 Å². The Balaban J connectivity index is 1.64. The zero-order valence-corrected chi connectivity index (χ0v) is 17.8. The van der Waals surface area contributed by atoms with Crippen LogP contribution < -0.4 is 10.5 Å². The minimum atomic E-state index is -1.36. The predicted molar refractivity (Wildman–Crippen MR) is 116 cm³/mol. The summed E-state index contributed by atoms with van der Waals surface area (Å²) in [5.41, 5.74) is 6.58. The van der Waals surface area contributed by atoms with E-state index in [0.29, 0.717) is 39.2 Å². The summed E-state index contributed by atoms with van der Waals surface area (Å²) in [4.78, 5) is 4.46. The summed E-state index contributed by atoms with van der Waals surface area (Å²) in [6.07, 6.45) is 0.0101. The molecule has 0 aliphatic heterocycles. The maximum Gasteiger partial charge on any atom is 0.258 e. The van der Waals surface area contributed by atoms with Crippen molar-refractivity contribution in [3.63, 3.8) is 0 Å². The Kier molecular flexibility index (Phi) is 5.72. The van der Waals surface area contributed by atoms with Crippen molar-refractivity contribution in [2.75, 3.05) is 13.2 Å². The lowest BCUT2D eigenvalue weighted by molar-refractivity contribution is 0.105. The maximum absolute atomic E-state index is 9.49. The lowest BCUT2D eigenvalue weighted by Crippen LogP contribution is -2.43. The van der Waals surface area contributed by atoms with Crippen LogP contribution in [-0.4, -0.2) is 39.7 Å². The predicted octanol–water partition coefficient (Wildman–Crippen LogP) is 3.73. The van der Waals surface area contributed by atoms with Gasteiger partial charge in [-0.15, -0.1) is 0 Å². The fourth-order valence-corrected chi connectivity index (χ4v) is 3.30. The molecule has 0 bridgehead atoms. The summed E-state index contributed by atoms with van der Waals surface area (Å²) < 4.78 is 16.8. The molecule has 8 nitrogen and oxygen atoms in total. The van der Waals surface area contributed by atoms with E-state index in [1.54, 1.807) is 36.4 Å². The first-order valence-corrected chi connectivity index (χ1v) is 10.1. The molecule has 0 aliphatic rings. The van der Waals surface area contributed by atoms with Crippen molar-refractivity contribution in [2.24, 2.45) is 5.73 Å². The third-order valence-electron chi connectivity index (χ3n) is 4.80. The average molecular weight is 444 g/mol. The Hall–Kier alpha value is -2.91. The zero-order valence-electron chi connectivity index (χ0n) is 17.0. The largest absolute Gasteiger partial charge is 0.489 e. The number of benzene rings is 2. The van der Waals surface area contributed by atoms with Crippen LogP contribution in [0.4, 0.5) is 0 Å². The van der Waals surface area contributed by atoms with Crippen LogP contribution in [0.2, 0.25) is 5.02 Å². The van der Waals surface area contributed by atoms with Crippen molar-refractivity contribution >= 4 is 22.6 Å². The molecule has 2 heterocycles. The van der Waals surface area contributed by atoms with Gasteiger partial charge in [0.15, 0.2) is 0 Å². The van der Waals surface area contributed by atoms with Gasteiger partial charge in [0.25, 0.3) is 5.89 Å². The van der Waals surface area contributed by atoms with Crippen LogP contribution in [0.15, 0.2) is 51.4 Å². The number of rotatable bonds is 7. The maximum atomic E-state index is 9.49. The Morgan fingerprint density at radius 2 is 1.84 bits per heavy atom. The molecular weight excluding hydrogens is 422 g/mol. The fraction of sp³-hybridized carbons (Fsp3) is 0.273. The number of fused-ring (bicyclic) bond motifs is 1. The van der Waals surface area contributed by atoms with Crippen LogP contribution in [0.25, 0.3) is 33.8 Å². The van der Waals surface area contributed by atoms with E-state index in [-0.39, 0.29) is 11.9 Å². The van der Waals surface area contributed by atoms with Gasteiger partial charge in [0, 0.05) is 16.5 Å². The average Bonchev–Trinajstić information content (AvgIpc) is 3.41. The molecular formula is C22H22ClN3O5. The molecule has 0 saturated heterocycles. The molecule has 9 heteroatoms. The fourth-order valence-electron chi connectivity index (χ4n) is 3.08. The molecule has 162 valence electrons. The van der Waals surface area contributed by atoms with Crippen molar-refractivity contribution in [3.8, 4) is 28.6 Å². The second kappa shape index (κ2) is 8.32. The lowest BCUT2D eigenvalue weighted by Gasteiger charge is -2.21. The quantitative estimate of drug-likeness (QED) is 0.394. The highest BCUT2D eigenvalue weighted by molar-refractivity contribution is 6.32. The van der Waals surface area contributed by atoms with Crippen LogP contribution in [0.3, 0.4) is 0 Å². The highest BCUT2D eigenvalue weighted by Crippen LogP contribution is 2.33. The number of furan rings is 1. The lowest BCUT2D eigenvalue weighted by atomic mass is 10.00. The van der Waals surface area contributed by atoms with Crippen molar-refractivity contribution in [3.05, 3.63) is 53.2 Å². The molecule has 0 atom stereocenters. The number of ether oxygens (including phenoxy) is 1. The minimum absolute atomic E-state index is 0.0101. The number of aliphatic hydroxyl groups is 2. The number of nitrogens with zero attached hydrogens (tertiary/aromatic N) is 2. The Bertz CT molecular complexity index is 1210. The molecule has 0 aliphatic carbocycles. The first-order chi connectivity index (χ1) is 14.8. The number of aliphatic hydroxyl groups excluding tert-OH is 2. The normalized spacial score (nSPS) is 12.1. The standard InChI is InChI=1S/C22H22ClN3O5/c1-12(2)29-18-6-4-14(8-16(18)23)21-25-20(26-31-21)13-3-5-17-15(7-13)9-19(30-17)22(24,10-27)11-28/h3-9,12,27-28H,10-11,24H2,1-2H3. The number of hydrogen-bond donors (Lipinski definition) is 3. The van der Waals surface area contributed by atoms with Crippen LogP contribution >= 0.6 is 11.6 Å². The highest BCUT2D eigenvalue weighted by atomic mass is 35.5. The van der Waals surface area contributed by atoms with E-state index < -0.39 is 18.8 Å². The summed E-state index contributed by atoms with van der Waals surface area (Å²) in [7, 11) is 0. The van der Waals surface area contributed by atoms with Crippen molar-refractivity contribution in [1.29, 1.82) is 0 Å². The monoisotopic (exact) mass is 443 g/mol. The molecule has 31 heavy (non-hydrogen) atoms. The number of nitrogens with two attached hydrogens (primary N) is 1. The van der Waals surface area contributed by atoms with Gasteiger partial charge < -0.3 is 29.6 Å². The molecule has 0 unspecified atom stereocenters. The van der Waals surface area contributed by atoms with Crippen molar-refractivity contribution < 1.29 is 23.9 Å². The van der Waals surface area contributed by atoms with E-state index in [9.17, 15) is 10.2 Å². The Labute approximate surface area is 183 Å². The smallest absolute Gasteiger partial charge is 0.258 e. The van der Waals surface area contributed by atoms with Gasteiger partial charge in [-0.2, -0.15) is 4.98 Å². The zero-order chi connectivity index (χ0) is 22.2. The summed E-state index contributed by atoms with van der Waals surface area (Å²) >= 11 is 6.30. The summed E-state index contributed by atoms with van der Waals surface area (Å²) in [6, 6.07) is 12.3. The first-order valence-electron chi connectivity index (χ1n) is 9.68. The van der Waals surface area contributed by atoms with Gasteiger partial charge in [-0.1, -0.05) is 16.8 Å². The summed E-state index contributed by atoms with van der Waals surface area (Å²) in [5.74, 6) is 1.59. The third kappa shape index (κ3) is 4.15. The number of aromatic nitrogens is 2. The van der Waals surface area contributed by atoms with Crippen LogP contribution in [-0.2, 0) is 5.54 Å². The minimum Gasteiger partial charge on any atom is -0.489 e. The number of hydrogen-bond acceptors (Lipinski definition) is 8. The molecule has 2 aromatic heterocycles. The van der Waals surface area contributed by atoms with Gasteiger partial charge >= 0.3 is 0 Å². The molecule has 2 aromatic carbocycles. The second-order valence-electron chi connectivity index (χ2n) is 7.57. The molecule has 0 radical (unpaired) electrons. The summed E-state index contributed by atoms with van der Waals surface area (Å²) in [6.45, 7) is 2.95. The Morgan fingerprint density at radius 3 is 2.52 bits per heavy atom. The molecule has 4 rings (SSSR count). The van der Waals surface area contributed by atoms with Crippen molar-refractivity contribution in [2.45, 2.75) is 25.5 Å². The van der Waals surface area contributed by atoms with Crippen molar-refractivity contribution in [1.82, 2.24) is 10.1 Å². The van der Waals surface area contributed by atoms with E-state index >= 15 is 0 Å². The van der Waals surface area contributed by atoms with Gasteiger partial charge in [-0.25, -0.2) is 0 Å². The van der Waals surface area contributed by atoms with Gasteiger partial charge in [0.05, 0.1) is 24.3 Å². The Morgan fingerprint density at radius 1 is 1.10 bits per heavy atom. The summed E-state index contributed by atoms with van der Waals surface area (Å²) in [5, 5.41) is 24.2. The SMILES string of the molecule is CC(C)Oc1ccc(-c2nc(-c3ccc4oc(C(N)(CO)CO)cc4c3)no2)cc1Cl. The van der Waals surface area contributed by atoms with E-state index in [2.05, 4.69) is 10.1 Å². The van der Waals surface area contributed by atoms with E-state index in [1.165, 1.54) is 0 Å². The highest BCUT2D eigenvalue weighted by Gasteiger charge is 2.30. The molecule has 0 amide bonds. The molecule has 0 fully saturated rings. The molecule has 0 saturated carbocycles. The van der Waals surface area contributed by atoms with Crippen LogP contribution in [0.1, 0.15) is 19.6 Å². The van der Waals surface area contributed by atoms with Gasteiger partial charge in [0.2, 0.25) is 5.82 Å². The van der Waals surface area contributed by atoms with Crippen LogP contribution in [0, 0.1) is 0 Å². The number of halogens is 1. The first kappa shape index (κ1) is 21.3. The van der Waals surface area contributed by atoms with E-state index in [0.717, 1.165) is 5.39 Å². The van der Waals surface area contributed by atoms with Crippen LogP contribution in [0.5, 0.6) is 5.75 Å². The molecule has 4 aromatic rings.